The van der Waals surface area contributed by atoms with Crippen LogP contribution in [-0.2, 0) is 11.3 Å². The van der Waals surface area contributed by atoms with E-state index in [4.69, 9.17) is 4.74 Å². The van der Waals surface area contributed by atoms with E-state index in [1.54, 1.807) is 18.4 Å². The first-order valence-electron chi connectivity index (χ1n) is 6.46. The first kappa shape index (κ1) is 14.1. The number of benzene rings is 1. The molecule has 0 fully saturated rings. The van der Waals surface area contributed by atoms with E-state index in [1.807, 2.05) is 30.3 Å². The molecule has 0 bridgehead atoms. The van der Waals surface area contributed by atoms with Crippen LogP contribution in [0.2, 0.25) is 0 Å². The molecule has 5 heteroatoms. The lowest BCUT2D eigenvalue weighted by molar-refractivity contribution is 0.135. The van der Waals surface area contributed by atoms with Crippen LogP contribution in [0, 0.1) is 0 Å². The van der Waals surface area contributed by atoms with Gasteiger partial charge in [0, 0.05) is 13.7 Å². The number of methoxy groups -OCH3 is 1. The van der Waals surface area contributed by atoms with Gasteiger partial charge in [0.2, 0.25) is 0 Å². The first-order chi connectivity index (χ1) is 9.35. The van der Waals surface area contributed by atoms with E-state index in [0.717, 1.165) is 35.1 Å². The van der Waals surface area contributed by atoms with E-state index in [-0.39, 0.29) is 6.10 Å². The average molecular weight is 277 g/mol. The molecular formula is C14H19N3OS. The molecule has 0 amide bonds. The topological polar surface area (TPSA) is 47.0 Å². The van der Waals surface area contributed by atoms with E-state index in [9.17, 15) is 0 Å². The number of rotatable bonds is 7. The Morgan fingerprint density at radius 2 is 2.05 bits per heavy atom. The second-order valence-corrected chi connectivity index (χ2v) is 5.33. The Morgan fingerprint density at radius 3 is 2.74 bits per heavy atom. The van der Waals surface area contributed by atoms with Crippen LogP contribution in [-0.4, -0.2) is 23.9 Å². The van der Waals surface area contributed by atoms with Crippen LogP contribution in [0.15, 0.2) is 30.3 Å². The standard InChI is InChI=1S/C14H19N3OS/c1-3-9-15-10-12-16-17-14(19-12)13(18-2)11-7-5-4-6-8-11/h4-8,13,15H,3,9-10H2,1-2H3. The fraction of sp³-hybridized carbons (Fsp3) is 0.429. The van der Waals surface area contributed by atoms with Gasteiger partial charge in [-0.05, 0) is 18.5 Å². The van der Waals surface area contributed by atoms with Crippen molar-refractivity contribution in [3.05, 3.63) is 45.9 Å². The summed E-state index contributed by atoms with van der Waals surface area (Å²) in [5.41, 5.74) is 1.11. The highest BCUT2D eigenvalue weighted by atomic mass is 32.1. The van der Waals surface area contributed by atoms with Crippen LogP contribution in [0.5, 0.6) is 0 Å². The molecule has 1 N–H and O–H groups in total. The van der Waals surface area contributed by atoms with Crippen LogP contribution >= 0.6 is 11.3 Å². The number of aromatic nitrogens is 2. The van der Waals surface area contributed by atoms with Crippen molar-refractivity contribution in [1.82, 2.24) is 15.5 Å². The average Bonchev–Trinajstić information content (AvgIpc) is 2.90. The molecule has 1 aromatic carbocycles. The Labute approximate surface area is 117 Å². The molecule has 0 radical (unpaired) electrons. The lowest BCUT2D eigenvalue weighted by atomic mass is 10.1. The van der Waals surface area contributed by atoms with Crippen molar-refractivity contribution in [2.24, 2.45) is 0 Å². The largest absolute Gasteiger partial charge is 0.369 e. The Morgan fingerprint density at radius 1 is 1.26 bits per heavy atom. The van der Waals surface area contributed by atoms with E-state index in [0.29, 0.717) is 0 Å². The Kier molecular flexibility index (Phi) is 5.44. The van der Waals surface area contributed by atoms with Gasteiger partial charge >= 0.3 is 0 Å². The molecule has 2 rings (SSSR count). The molecule has 0 aliphatic carbocycles. The number of hydrogen-bond acceptors (Lipinski definition) is 5. The van der Waals surface area contributed by atoms with Gasteiger partial charge < -0.3 is 10.1 Å². The summed E-state index contributed by atoms with van der Waals surface area (Å²) in [5.74, 6) is 0. The molecule has 0 aliphatic heterocycles. The van der Waals surface area contributed by atoms with Crippen LogP contribution < -0.4 is 5.32 Å². The zero-order valence-corrected chi connectivity index (χ0v) is 12.1. The van der Waals surface area contributed by atoms with Crippen molar-refractivity contribution in [3.63, 3.8) is 0 Å². The van der Waals surface area contributed by atoms with E-state index < -0.39 is 0 Å². The summed E-state index contributed by atoms with van der Waals surface area (Å²) in [5, 5.41) is 13.7. The van der Waals surface area contributed by atoms with Gasteiger partial charge in [-0.15, -0.1) is 10.2 Å². The van der Waals surface area contributed by atoms with Gasteiger partial charge in [-0.3, -0.25) is 0 Å². The summed E-state index contributed by atoms with van der Waals surface area (Å²) >= 11 is 1.60. The molecule has 102 valence electrons. The third-order valence-corrected chi connectivity index (χ3v) is 3.71. The maximum absolute atomic E-state index is 5.55. The summed E-state index contributed by atoms with van der Waals surface area (Å²) in [7, 11) is 1.70. The normalized spacial score (nSPS) is 12.5. The maximum atomic E-state index is 5.55. The third kappa shape index (κ3) is 3.83. The number of nitrogens with one attached hydrogen (secondary N) is 1. The summed E-state index contributed by atoms with van der Waals surface area (Å²) in [4.78, 5) is 0. The zero-order valence-electron chi connectivity index (χ0n) is 11.3. The summed E-state index contributed by atoms with van der Waals surface area (Å²) in [6.45, 7) is 3.92. The highest BCUT2D eigenvalue weighted by Crippen LogP contribution is 2.27. The lowest BCUT2D eigenvalue weighted by Gasteiger charge is -2.11. The number of hydrogen-bond donors (Lipinski definition) is 1. The predicted molar refractivity (Wildman–Crippen MR) is 77.2 cm³/mol. The van der Waals surface area contributed by atoms with Gasteiger partial charge in [-0.1, -0.05) is 48.6 Å². The van der Waals surface area contributed by atoms with Crippen molar-refractivity contribution < 1.29 is 4.74 Å². The minimum Gasteiger partial charge on any atom is -0.369 e. The molecule has 0 aliphatic rings. The highest BCUT2D eigenvalue weighted by Gasteiger charge is 2.17. The van der Waals surface area contributed by atoms with Crippen LogP contribution in [0.4, 0.5) is 0 Å². The molecule has 1 unspecified atom stereocenters. The van der Waals surface area contributed by atoms with Crippen molar-refractivity contribution in [2.45, 2.75) is 26.0 Å². The number of nitrogens with zero attached hydrogens (tertiary/aromatic N) is 2. The Hall–Kier alpha value is -1.30. The van der Waals surface area contributed by atoms with Crippen molar-refractivity contribution in [2.75, 3.05) is 13.7 Å². The molecule has 1 heterocycles. The van der Waals surface area contributed by atoms with Crippen LogP contribution in [0.1, 0.15) is 35.0 Å². The van der Waals surface area contributed by atoms with E-state index in [1.165, 1.54) is 0 Å². The van der Waals surface area contributed by atoms with Gasteiger partial charge in [0.1, 0.15) is 11.1 Å². The van der Waals surface area contributed by atoms with Crippen molar-refractivity contribution in [3.8, 4) is 0 Å². The lowest BCUT2D eigenvalue weighted by Crippen LogP contribution is -2.13. The third-order valence-electron chi connectivity index (χ3n) is 2.75. The predicted octanol–water partition coefficient (Wildman–Crippen LogP) is 2.77. The molecule has 0 saturated heterocycles. The first-order valence-corrected chi connectivity index (χ1v) is 7.27. The summed E-state index contributed by atoms with van der Waals surface area (Å²) < 4.78 is 5.55. The maximum Gasteiger partial charge on any atom is 0.151 e. The molecule has 19 heavy (non-hydrogen) atoms. The van der Waals surface area contributed by atoms with Crippen LogP contribution in [0.3, 0.4) is 0 Å². The van der Waals surface area contributed by atoms with E-state index >= 15 is 0 Å². The molecular weight excluding hydrogens is 258 g/mol. The Bertz CT molecular complexity index is 486. The number of ether oxygens (including phenoxy) is 1. The smallest absolute Gasteiger partial charge is 0.151 e. The minimum atomic E-state index is -0.126. The highest BCUT2D eigenvalue weighted by molar-refractivity contribution is 7.11. The quantitative estimate of drug-likeness (QED) is 0.791. The molecule has 1 atom stereocenters. The van der Waals surface area contributed by atoms with Crippen LogP contribution in [0.25, 0.3) is 0 Å². The van der Waals surface area contributed by atoms with Gasteiger partial charge in [0.15, 0.2) is 5.01 Å². The molecule has 0 spiro atoms. The molecule has 0 saturated carbocycles. The Balaban J connectivity index is 2.07. The minimum absolute atomic E-state index is 0.126. The van der Waals surface area contributed by atoms with Gasteiger partial charge in [-0.25, -0.2) is 0 Å². The monoisotopic (exact) mass is 277 g/mol. The summed E-state index contributed by atoms with van der Waals surface area (Å²) in [6.07, 6.45) is 0.995. The van der Waals surface area contributed by atoms with Crippen molar-refractivity contribution >= 4 is 11.3 Å². The van der Waals surface area contributed by atoms with Gasteiger partial charge in [-0.2, -0.15) is 0 Å². The van der Waals surface area contributed by atoms with E-state index in [2.05, 4.69) is 22.4 Å². The SMILES string of the molecule is CCCNCc1nnc(C(OC)c2ccccc2)s1. The fourth-order valence-corrected chi connectivity index (χ4v) is 2.74. The zero-order chi connectivity index (χ0) is 13.5. The van der Waals surface area contributed by atoms with Gasteiger partial charge in [0.05, 0.1) is 0 Å². The fourth-order valence-electron chi connectivity index (χ4n) is 1.82. The molecule has 1 aromatic heterocycles. The second-order valence-electron chi connectivity index (χ2n) is 4.24. The molecule has 2 aromatic rings. The summed E-state index contributed by atoms with van der Waals surface area (Å²) in [6, 6.07) is 10.1. The second kappa shape index (κ2) is 7.33. The van der Waals surface area contributed by atoms with Crippen molar-refractivity contribution in [1.29, 1.82) is 0 Å². The van der Waals surface area contributed by atoms with Gasteiger partial charge in [0.25, 0.3) is 0 Å². The molecule has 4 nitrogen and oxygen atoms in total.